The standard InChI is InChI=1S/C11H9N5O3/c17-11(9-5-6-12-14-9)15-13-7-8-3-1-2-4-10(8)16(18)19/h1-7H,(H,12,14)(H,15,17)/b13-7+. The predicted octanol–water partition coefficient (Wildman–Crippen LogP) is 1.08. The lowest BCUT2D eigenvalue weighted by molar-refractivity contribution is -0.385. The van der Waals surface area contributed by atoms with Crippen LogP contribution in [0.5, 0.6) is 0 Å². The fraction of sp³-hybridized carbons (Fsp3) is 0. The Bertz CT molecular complexity index is 621. The van der Waals surface area contributed by atoms with E-state index in [4.69, 9.17) is 0 Å². The molecule has 1 aromatic heterocycles. The maximum atomic E-state index is 11.5. The lowest BCUT2D eigenvalue weighted by Gasteiger charge is -1.97. The van der Waals surface area contributed by atoms with Crippen molar-refractivity contribution in [2.24, 2.45) is 5.10 Å². The number of rotatable bonds is 4. The molecular formula is C11H9N5O3. The van der Waals surface area contributed by atoms with Gasteiger partial charge < -0.3 is 0 Å². The second-order valence-electron chi connectivity index (χ2n) is 3.49. The Kier molecular flexibility index (Phi) is 3.62. The number of hydrogen-bond acceptors (Lipinski definition) is 5. The average Bonchev–Trinajstić information content (AvgIpc) is 2.93. The number of hydrogen-bond donors (Lipinski definition) is 2. The first-order chi connectivity index (χ1) is 9.18. The number of benzene rings is 1. The summed E-state index contributed by atoms with van der Waals surface area (Å²) in [5.74, 6) is -0.479. The van der Waals surface area contributed by atoms with Crippen LogP contribution in [0, 0.1) is 10.1 Å². The van der Waals surface area contributed by atoms with Gasteiger partial charge in [0.25, 0.3) is 11.6 Å². The van der Waals surface area contributed by atoms with Crippen molar-refractivity contribution in [3.05, 3.63) is 57.9 Å². The maximum Gasteiger partial charge on any atom is 0.289 e. The number of hydrazone groups is 1. The molecule has 2 N–H and O–H groups in total. The second kappa shape index (κ2) is 5.54. The van der Waals surface area contributed by atoms with Crippen molar-refractivity contribution in [1.82, 2.24) is 15.6 Å². The summed E-state index contributed by atoms with van der Waals surface area (Å²) in [5.41, 5.74) is 2.71. The maximum absolute atomic E-state index is 11.5. The summed E-state index contributed by atoms with van der Waals surface area (Å²) >= 11 is 0. The van der Waals surface area contributed by atoms with Gasteiger partial charge in [0, 0.05) is 12.3 Å². The lowest BCUT2D eigenvalue weighted by Crippen LogP contribution is -2.18. The van der Waals surface area contributed by atoms with Gasteiger partial charge in [0.15, 0.2) is 0 Å². The Balaban J connectivity index is 2.07. The Morgan fingerprint density at radius 2 is 2.21 bits per heavy atom. The lowest BCUT2D eigenvalue weighted by atomic mass is 10.2. The smallest absolute Gasteiger partial charge is 0.273 e. The van der Waals surface area contributed by atoms with Gasteiger partial charge in [0.2, 0.25) is 0 Å². The zero-order valence-corrected chi connectivity index (χ0v) is 9.61. The highest BCUT2D eigenvalue weighted by Crippen LogP contribution is 2.14. The van der Waals surface area contributed by atoms with E-state index >= 15 is 0 Å². The number of aromatic nitrogens is 2. The number of nitro benzene ring substituents is 1. The molecule has 0 aliphatic heterocycles. The Labute approximate surface area is 107 Å². The van der Waals surface area contributed by atoms with Crippen molar-refractivity contribution < 1.29 is 9.72 Å². The molecule has 0 spiro atoms. The van der Waals surface area contributed by atoms with Gasteiger partial charge in [-0.1, -0.05) is 12.1 Å². The summed E-state index contributed by atoms with van der Waals surface area (Å²) in [6.07, 6.45) is 2.65. The molecule has 0 aliphatic rings. The second-order valence-corrected chi connectivity index (χ2v) is 3.49. The van der Waals surface area contributed by atoms with E-state index in [0.717, 1.165) is 0 Å². The van der Waals surface area contributed by atoms with Crippen LogP contribution in [0.1, 0.15) is 16.1 Å². The van der Waals surface area contributed by atoms with Gasteiger partial charge in [-0.3, -0.25) is 20.0 Å². The zero-order chi connectivity index (χ0) is 13.7. The fourth-order valence-corrected chi connectivity index (χ4v) is 1.37. The number of amides is 1. The third kappa shape index (κ3) is 3.00. The molecule has 1 heterocycles. The monoisotopic (exact) mass is 259 g/mol. The third-order valence-corrected chi connectivity index (χ3v) is 2.25. The number of H-pyrrole nitrogens is 1. The van der Waals surface area contributed by atoms with Crippen LogP contribution in [0.25, 0.3) is 0 Å². The first-order valence-electron chi connectivity index (χ1n) is 5.24. The van der Waals surface area contributed by atoms with Crippen LogP contribution < -0.4 is 5.43 Å². The molecule has 2 aromatic rings. The molecule has 0 unspecified atom stereocenters. The predicted molar refractivity (Wildman–Crippen MR) is 66.7 cm³/mol. The van der Waals surface area contributed by atoms with Crippen LogP contribution in [0.15, 0.2) is 41.6 Å². The van der Waals surface area contributed by atoms with E-state index in [1.807, 2.05) is 0 Å². The van der Waals surface area contributed by atoms with E-state index in [9.17, 15) is 14.9 Å². The summed E-state index contributed by atoms with van der Waals surface area (Å²) in [6, 6.07) is 7.57. The largest absolute Gasteiger partial charge is 0.289 e. The molecule has 0 radical (unpaired) electrons. The molecule has 96 valence electrons. The molecule has 8 nitrogen and oxygen atoms in total. The Morgan fingerprint density at radius 1 is 1.42 bits per heavy atom. The normalized spacial score (nSPS) is 10.5. The Hall–Kier alpha value is -3.03. The summed E-state index contributed by atoms with van der Waals surface area (Å²) < 4.78 is 0. The molecule has 0 saturated carbocycles. The average molecular weight is 259 g/mol. The van der Waals surface area contributed by atoms with E-state index in [-0.39, 0.29) is 11.4 Å². The minimum atomic E-state index is -0.516. The van der Waals surface area contributed by atoms with Gasteiger partial charge in [0.05, 0.1) is 16.7 Å². The van der Waals surface area contributed by atoms with Crippen molar-refractivity contribution in [2.45, 2.75) is 0 Å². The number of carbonyl (C=O) groups is 1. The summed E-state index contributed by atoms with van der Waals surface area (Å²) in [4.78, 5) is 21.7. The molecule has 2 rings (SSSR count). The molecule has 1 aromatic carbocycles. The molecule has 8 heteroatoms. The number of nitrogens with one attached hydrogen (secondary N) is 2. The van der Waals surface area contributed by atoms with Gasteiger partial charge in [-0.2, -0.15) is 10.2 Å². The van der Waals surface area contributed by atoms with Gasteiger partial charge in [-0.15, -0.1) is 0 Å². The SMILES string of the molecule is O=C(N/N=C/c1ccccc1[N+](=O)[O-])c1ccn[nH]1. The van der Waals surface area contributed by atoms with Crippen LogP contribution in [-0.4, -0.2) is 27.2 Å². The van der Waals surface area contributed by atoms with Crippen molar-refractivity contribution in [1.29, 1.82) is 0 Å². The summed E-state index contributed by atoms with van der Waals surface area (Å²) in [5, 5.41) is 20.5. The first-order valence-corrected chi connectivity index (χ1v) is 5.24. The van der Waals surface area contributed by atoms with E-state index in [0.29, 0.717) is 5.56 Å². The van der Waals surface area contributed by atoms with E-state index in [1.165, 1.54) is 30.6 Å². The number of para-hydroxylation sites is 1. The molecule has 0 aliphatic carbocycles. The molecule has 0 bridgehead atoms. The highest BCUT2D eigenvalue weighted by Gasteiger charge is 2.10. The molecular weight excluding hydrogens is 250 g/mol. The van der Waals surface area contributed by atoms with E-state index in [1.54, 1.807) is 12.1 Å². The van der Waals surface area contributed by atoms with Crippen LogP contribution in [-0.2, 0) is 0 Å². The number of nitro groups is 1. The van der Waals surface area contributed by atoms with E-state index < -0.39 is 10.8 Å². The minimum absolute atomic E-state index is 0.0814. The van der Waals surface area contributed by atoms with Crippen molar-refractivity contribution in [3.8, 4) is 0 Å². The van der Waals surface area contributed by atoms with Gasteiger partial charge in [0.1, 0.15) is 5.69 Å². The highest BCUT2D eigenvalue weighted by molar-refractivity contribution is 5.93. The topological polar surface area (TPSA) is 113 Å². The van der Waals surface area contributed by atoms with Crippen molar-refractivity contribution in [3.63, 3.8) is 0 Å². The number of aromatic amines is 1. The number of carbonyl (C=O) groups excluding carboxylic acids is 1. The summed E-state index contributed by atoms with van der Waals surface area (Å²) in [7, 11) is 0. The van der Waals surface area contributed by atoms with Gasteiger partial charge in [-0.25, -0.2) is 5.43 Å². The third-order valence-electron chi connectivity index (χ3n) is 2.25. The quantitative estimate of drug-likeness (QED) is 0.485. The fourth-order valence-electron chi connectivity index (χ4n) is 1.37. The van der Waals surface area contributed by atoms with Gasteiger partial charge in [-0.05, 0) is 12.1 Å². The first kappa shape index (κ1) is 12.4. The van der Waals surface area contributed by atoms with Crippen LogP contribution >= 0.6 is 0 Å². The minimum Gasteiger partial charge on any atom is -0.273 e. The van der Waals surface area contributed by atoms with E-state index in [2.05, 4.69) is 20.7 Å². The van der Waals surface area contributed by atoms with Crippen molar-refractivity contribution in [2.75, 3.05) is 0 Å². The van der Waals surface area contributed by atoms with Crippen LogP contribution in [0.3, 0.4) is 0 Å². The summed E-state index contributed by atoms with van der Waals surface area (Å²) in [6.45, 7) is 0. The van der Waals surface area contributed by atoms with Crippen LogP contribution in [0.2, 0.25) is 0 Å². The molecule has 0 atom stereocenters. The number of nitrogens with zero attached hydrogens (tertiary/aromatic N) is 3. The molecule has 19 heavy (non-hydrogen) atoms. The van der Waals surface area contributed by atoms with Crippen LogP contribution in [0.4, 0.5) is 5.69 Å². The molecule has 0 fully saturated rings. The molecule has 0 saturated heterocycles. The zero-order valence-electron chi connectivity index (χ0n) is 9.61. The highest BCUT2D eigenvalue weighted by atomic mass is 16.6. The Morgan fingerprint density at radius 3 is 2.89 bits per heavy atom. The molecule has 1 amide bonds. The van der Waals surface area contributed by atoms with Gasteiger partial charge >= 0.3 is 0 Å². The van der Waals surface area contributed by atoms with Crippen molar-refractivity contribution >= 4 is 17.8 Å².